The van der Waals surface area contributed by atoms with Crippen LogP contribution >= 0.6 is 0 Å². The summed E-state index contributed by atoms with van der Waals surface area (Å²) in [5.41, 5.74) is 7.41. The molecule has 0 aliphatic heterocycles. The maximum absolute atomic E-state index is 12.1. The van der Waals surface area contributed by atoms with Crippen LogP contribution in [0.25, 0.3) is 0 Å². The highest BCUT2D eigenvalue weighted by Gasteiger charge is 2.22. The Hall–Kier alpha value is -4.05. The Morgan fingerprint density at radius 2 is 1.26 bits per heavy atom. The first-order valence-electron chi connectivity index (χ1n) is 14.5. The summed E-state index contributed by atoms with van der Waals surface area (Å²) in [4.78, 5) is 26.9. The van der Waals surface area contributed by atoms with Crippen LogP contribution in [0.2, 0.25) is 0 Å². The predicted molar refractivity (Wildman–Crippen MR) is 170 cm³/mol. The molecule has 10 heteroatoms. The van der Waals surface area contributed by atoms with E-state index in [9.17, 15) is 14.7 Å². The lowest BCUT2D eigenvalue weighted by atomic mass is 10.0. The number of carbonyl (C=O) groups excluding carboxylic acids is 2. The van der Waals surface area contributed by atoms with Crippen molar-refractivity contribution in [3.8, 4) is 0 Å². The number of aliphatic hydroxyl groups is 1. The minimum atomic E-state index is -0.564. The first-order chi connectivity index (χ1) is 20.1. The minimum Gasteiger partial charge on any atom is -0.444 e. The van der Waals surface area contributed by atoms with Crippen molar-refractivity contribution in [1.82, 2.24) is 19.6 Å². The summed E-state index contributed by atoms with van der Waals surface area (Å²) in [7, 11) is 3.42. The number of aromatic nitrogens is 2. The van der Waals surface area contributed by atoms with Gasteiger partial charge in [-0.05, 0) is 65.5 Å². The third-order valence-corrected chi connectivity index (χ3v) is 6.20. The molecule has 0 aliphatic rings. The Kier molecular flexibility index (Phi) is 13.1. The molecule has 0 fully saturated rings. The number of hydrogen-bond donors (Lipinski definition) is 2. The van der Waals surface area contributed by atoms with Gasteiger partial charge in [0.05, 0.1) is 24.0 Å². The number of nitrogens with two attached hydrogens (primary N) is 1. The second-order valence-electron chi connectivity index (χ2n) is 12.5. The van der Waals surface area contributed by atoms with Gasteiger partial charge in [-0.15, -0.1) is 0 Å². The number of aliphatic hydroxyl groups excluding tert-OH is 1. The molecule has 1 aromatic heterocycles. The van der Waals surface area contributed by atoms with Crippen LogP contribution in [0.4, 0.5) is 15.3 Å². The Morgan fingerprint density at radius 1 is 0.814 bits per heavy atom. The largest absolute Gasteiger partial charge is 0.444 e. The van der Waals surface area contributed by atoms with Crippen LogP contribution in [-0.2, 0) is 9.47 Å². The lowest BCUT2D eigenvalue weighted by molar-refractivity contribution is 0.0268. The first-order valence-corrected chi connectivity index (χ1v) is 14.5. The zero-order valence-corrected chi connectivity index (χ0v) is 26.9. The molecule has 2 amide bonds. The number of anilines is 1. The Balaban J connectivity index is 0.000000309. The van der Waals surface area contributed by atoms with E-state index < -0.39 is 17.3 Å². The highest BCUT2D eigenvalue weighted by Crippen LogP contribution is 2.23. The fraction of sp³-hybridized carbons (Fsp3) is 0.485. The normalized spacial score (nSPS) is 12.8. The molecule has 0 saturated carbocycles. The third kappa shape index (κ3) is 13.2. The van der Waals surface area contributed by atoms with E-state index in [-0.39, 0.29) is 18.2 Å². The predicted octanol–water partition coefficient (Wildman–Crippen LogP) is 6.29. The van der Waals surface area contributed by atoms with E-state index in [0.29, 0.717) is 31.6 Å². The van der Waals surface area contributed by atoms with Crippen molar-refractivity contribution in [2.75, 3.05) is 32.9 Å². The number of amides is 2. The molecular formula is C33H49N5O5. The highest BCUT2D eigenvalue weighted by molar-refractivity contribution is 5.68. The molecule has 2 unspecified atom stereocenters. The van der Waals surface area contributed by atoms with Crippen molar-refractivity contribution in [2.24, 2.45) is 0 Å². The van der Waals surface area contributed by atoms with Gasteiger partial charge in [-0.25, -0.2) is 9.59 Å². The second kappa shape index (κ2) is 16.0. The Labute approximate surface area is 256 Å². The number of carbonyl (C=O) groups is 2. The standard InChI is InChI=1S/C18H26N4O2.C15H23NO3/c1-18(2,3)24-17(23)21(4)11-10-16(14-8-6-5-7-9-14)22-13-15(19)12-20-22;1-15(2,3)19-14(18)16(4)11-10-13(17)12-8-6-5-7-9-12/h5-9,12-13,16H,10-11,19H2,1-4H3;5-9,13,17H,10-11H2,1-4H3. The summed E-state index contributed by atoms with van der Waals surface area (Å²) >= 11 is 0. The molecule has 10 nitrogen and oxygen atoms in total. The van der Waals surface area contributed by atoms with Crippen LogP contribution in [0.15, 0.2) is 73.1 Å². The van der Waals surface area contributed by atoms with E-state index in [2.05, 4.69) is 17.2 Å². The lowest BCUT2D eigenvalue weighted by Gasteiger charge is -2.26. The molecular weight excluding hydrogens is 546 g/mol. The van der Waals surface area contributed by atoms with Crippen LogP contribution in [-0.4, -0.2) is 75.3 Å². The Bertz CT molecular complexity index is 1250. The third-order valence-electron chi connectivity index (χ3n) is 6.20. The van der Waals surface area contributed by atoms with Gasteiger partial charge in [0, 0.05) is 33.4 Å². The molecule has 0 aliphatic carbocycles. The van der Waals surface area contributed by atoms with Gasteiger partial charge < -0.3 is 30.1 Å². The molecule has 0 saturated heterocycles. The number of rotatable bonds is 9. The lowest BCUT2D eigenvalue weighted by Crippen LogP contribution is -2.35. The molecule has 3 rings (SSSR count). The van der Waals surface area contributed by atoms with Crippen LogP contribution in [0, 0.1) is 0 Å². The quantitative estimate of drug-likeness (QED) is 0.298. The Morgan fingerprint density at radius 3 is 1.67 bits per heavy atom. The van der Waals surface area contributed by atoms with Crippen molar-refractivity contribution in [1.29, 1.82) is 0 Å². The zero-order valence-electron chi connectivity index (χ0n) is 26.9. The average Bonchev–Trinajstić information content (AvgIpc) is 3.36. The molecule has 3 N–H and O–H groups in total. The topological polar surface area (TPSA) is 123 Å². The summed E-state index contributed by atoms with van der Waals surface area (Å²) < 4.78 is 12.5. The summed E-state index contributed by atoms with van der Waals surface area (Å²) in [5, 5.41) is 14.3. The fourth-order valence-electron chi connectivity index (χ4n) is 3.99. The molecule has 0 bridgehead atoms. The number of benzene rings is 2. The molecule has 2 atom stereocenters. The van der Waals surface area contributed by atoms with Crippen LogP contribution in [0.1, 0.15) is 77.7 Å². The SMILES string of the molecule is CN(CCC(O)c1ccccc1)C(=O)OC(C)(C)C.CN(CCC(c1ccccc1)n1cc(N)cn1)C(=O)OC(C)(C)C. The maximum Gasteiger partial charge on any atom is 0.410 e. The van der Waals surface area contributed by atoms with Crippen molar-refractivity contribution >= 4 is 17.9 Å². The van der Waals surface area contributed by atoms with Crippen LogP contribution in [0.5, 0.6) is 0 Å². The van der Waals surface area contributed by atoms with Gasteiger partial charge in [0.1, 0.15) is 11.2 Å². The van der Waals surface area contributed by atoms with Gasteiger partial charge in [0.2, 0.25) is 0 Å². The van der Waals surface area contributed by atoms with Crippen molar-refractivity contribution in [2.45, 2.75) is 77.7 Å². The smallest absolute Gasteiger partial charge is 0.410 e. The molecule has 2 aromatic carbocycles. The molecule has 43 heavy (non-hydrogen) atoms. The number of hydrogen-bond acceptors (Lipinski definition) is 7. The summed E-state index contributed by atoms with van der Waals surface area (Å²) in [5.74, 6) is 0. The minimum absolute atomic E-state index is 0.00777. The van der Waals surface area contributed by atoms with Crippen molar-refractivity contribution in [3.05, 3.63) is 84.2 Å². The van der Waals surface area contributed by atoms with Crippen molar-refractivity contribution < 1.29 is 24.2 Å². The van der Waals surface area contributed by atoms with E-state index in [1.807, 2.05) is 101 Å². The zero-order chi connectivity index (χ0) is 32.2. The highest BCUT2D eigenvalue weighted by atomic mass is 16.6. The van der Waals surface area contributed by atoms with E-state index in [4.69, 9.17) is 15.2 Å². The molecule has 0 spiro atoms. The van der Waals surface area contributed by atoms with E-state index in [1.165, 1.54) is 4.90 Å². The van der Waals surface area contributed by atoms with E-state index in [0.717, 1.165) is 11.1 Å². The molecule has 236 valence electrons. The second-order valence-corrected chi connectivity index (χ2v) is 12.5. The molecule has 3 aromatic rings. The monoisotopic (exact) mass is 595 g/mol. The first kappa shape index (κ1) is 35.1. The van der Waals surface area contributed by atoms with Crippen LogP contribution in [0.3, 0.4) is 0 Å². The van der Waals surface area contributed by atoms with Gasteiger partial charge in [0.15, 0.2) is 0 Å². The van der Waals surface area contributed by atoms with Crippen molar-refractivity contribution in [3.63, 3.8) is 0 Å². The number of nitrogen functional groups attached to an aromatic ring is 1. The van der Waals surface area contributed by atoms with Gasteiger partial charge in [-0.1, -0.05) is 60.7 Å². The summed E-state index contributed by atoms with van der Waals surface area (Å²) in [6, 6.07) is 19.5. The summed E-state index contributed by atoms with van der Waals surface area (Å²) in [6.45, 7) is 12.1. The molecule has 0 radical (unpaired) electrons. The number of nitrogens with zero attached hydrogens (tertiary/aromatic N) is 4. The fourth-order valence-corrected chi connectivity index (χ4v) is 3.99. The number of ether oxygens (including phenoxy) is 2. The molecule has 1 heterocycles. The van der Waals surface area contributed by atoms with Gasteiger partial charge in [-0.2, -0.15) is 5.10 Å². The summed E-state index contributed by atoms with van der Waals surface area (Å²) in [6.07, 6.45) is 3.38. The van der Waals surface area contributed by atoms with E-state index >= 15 is 0 Å². The maximum atomic E-state index is 12.1. The van der Waals surface area contributed by atoms with Gasteiger partial charge >= 0.3 is 12.2 Å². The van der Waals surface area contributed by atoms with Gasteiger partial charge in [0.25, 0.3) is 0 Å². The van der Waals surface area contributed by atoms with E-state index in [1.54, 1.807) is 25.2 Å². The van der Waals surface area contributed by atoms with Crippen LogP contribution < -0.4 is 5.73 Å². The van der Waals surface area contributed by atoms with Gasteiger partial charge in [-0.3, -0.25) is 4.68 Å². The average molecular weight is 596 g/mol.